The van der Waals surface area contributed by atoms with Gasteiger partial charge in [-0.15, -0.1) is 6.42 Å². The lowest BCUT2D eigenvalue weighted by Gasteiger charge is -2.26. The highest BCUT2D eigenvalue weighted by atomic mass is 16.5. The van der Waals surface area contributed by atoms with Gasteiger partial charge >= 0.3 is 0 Å². The van der Waals surface area contributed by atoms with Crippen LogP contribution in [0.4, 0.5) is 0 Å². The zero-order valence-corrected chi connectivity index (χ0v) is 22.2. The van der Waals surface area contributed by atoms with Gasteiger partial charge in [-0.1, -0.05) is 54.5 Å². The first-order valence-corrected chi connectivity index (χ1v) is 13.3. The lowest BCUT2D eigenvalue weighted by molar-refractivity contribution is -0.122. The van der Waals surface area contributed by atoms with Crippen molar-refractivity contribution in [1.82, 2.24) is 20.4 Å². The Hall–Kier alpha value is -4.12. The molecule has 2 aromatic carbocycles. The molecule has 1 saturated carbocycles. The zero-order chi connectivity index (χ0) is 27.0. The number of carbonyl (C=O) groups excluding carboxylic acids is 1. The molecule has 0 spiro atoms. The molecule has 3 aromatic rings. The Morgan fingerprint density at radius 3 is 2.95 bits per heavy atom. The first kappa shape index (κ1) is 26.5. The molecule has 0 unspecified atom stereocenters. The van der Waals surface area contributed by atoms with Crippen LogP contribution < -0.4 is 5.32 Å². The van der Waals surface area contributed by atoms with Gasteiger partial charge in [-0.3, -0.25) is 14.8 Å². The van der Waals surface area contributed by atoms with Crippen LogP contribution in [0.5, 0.6) is 0 Å². The molecule has 1 aromatic heterocycles. The number of nitrogens with zero attached hydrogens (tertiary/aromatic N) is 2. The van der Waals surface area contributed by atoms with Gasteiger partial charge in [0.25, 0.3) is 0 Å². The summed E-state index contributed by atoms with van der Waals surface area (Å²) in [5.74, 6) is 3.28. The molecule has 1 saturated heterocycles. The number of ether oxygens (including phenoxy) is 2. The summed E-state index contributed by atoms with van der Waals surface area (Å²) in [7, 11) is 1.56. The molecular formula is C32H34N4O3. The van der Waals surface area contributed by atoms with Crippen molar-refractivity contribution in [2.45, 2.75) is 18.9 Å². The van der Waals surface area contributed by atoms with E-state index in [4.69, 9.17) is 15.9 Å². The molecule has 2 atom stereocenters. The van der Waals surface area contributed by atoms with Crippen molar-refractivity contribution in [2.24, 2.45) is 5.92 Å². The summed E-state index contributed by atoms with van der Waals surface area (Å²) in [4.78, 5) is 15.0. The molecule has 7 heteroatoms. The van der Waals surface area contributed by atoms with Crippen molar-refractivity contribution in [1.29, 1.82) is 0 Å². The molecular weight excluding hydrogens is 488 g/mol. The quantitative estimate of drug-likeness (QED) is 0.233. The molecule has 2 fully saturated rings. The average Bonchev–Trinajstić information content (AvgIpc) is 3.67. The second kappa shape index (κ2) is 12.6. The highest BCUT2D eigenvalue weighted by molar-refractivity contribution is 5.90. The minimum atomic E-state index is -0.00831. The predicted octanol–water partition coefficient (Wildman–Crippen LogP) is 4.50. The monoisotopic (exact) mass is 522 g/mol. The lowest BCUT2D eigenvalue weighted by Crippen LogP contribution is -2.35. The van der Waals surface area contributed by atoms with Gasteiger partial charge in [-0.2, -0.15) is 5.10 Å². The number of H-pyrrole nitrogens is 1. The second-order valence-electron chi connectivity index (χ2n) is 9.89. The van der Waals surface area contributed by atoms with Crippen molar-refractivity contribution < 1.29 is 14.3 Å². The molecule has 0 radical (unpaired) electrons. The topological polar surface area (TPSA) is 79.5 Å². The Balaban J connectivity index is 1.17. The Bertz CT molecular complexity index is 1440. The number of carbonyl (C=O) groups is 1. The molecule has 1 aliphatic heterocycles. The number of terminal acetylenes is 1. The van der Waals surface area contributed by atoms with E-state index in [1.54, 1.807) is 13.2 Å². The fourth-order valence-corrected chi connectivity index (χ4v) is 4.98. The van der Waals surface area contributed by atoms with Crippen molar-refractivity contribution >= 4 is 29.0 Å². The number of amides is 1. The van der Waals surface area contributed by atoms with Gasteiger partial charge in [0, 0.05) is 43.6 Å². The van der Waals surface area contributed by atoms with Crippen molar-refractivity contribution in [3.05, 3.63) is 88.8 Å². The summed E-state index contributed by atoms with van der Waals surface area (Å²) in [6, 6.07) is 15.0. The maximum absolute atomic E-state index is 12.6. The normalized spacial score (nSPS) is 19.9. The van der Waals surface area contributed by atoms with E-state index >= 15 is 0 Å². The van der Waals surface area contributed by atoms with Crippen LogP contribution in [0, 0.1) is 18.3 Å². The number of methoxy groups -OCH3 is 1. The number of benzene rings is 2. The van der Waals surface area contributed by atoms with Crippen LogP contribution in [-0.2, 0) is 20.8 Å². The molecule has 200 valence electrons. The smallest absolute Gasteiger partial charge is 0.223 e. The first-order chi connectivity index (χ1) is 19.1. The van der Waals surface area contributed by atoms with E-state index in [1.807, 2.05) is 6.08 Å². The molecule has 2 heterocycles. The molecule has 5 rings (SSSR count). The maximum atomic E-state index is 12.6. The van der Waals surface area contributed by atoms with E-state index in [9.17, 15) is 4.79 Å². The molecule has 39 heavy (non-hydrogen) atoms. The minimum absolute atomic E-state index is 0.00831. The summed E-state index contributed by atoms with van der Waals surface area (Å²) in [6.45, 7) is 4.94. The van der Waals surface area contributed by atoms with Crippen LogP contribution in [0.25, 0.3) is 23.1 Å². The van der Waals surface area contributed by atoms with E-state index in [0.29, 0.717) is 12.3 Å². The summed E-state index contributed by atoms with van der Waals surface area (Å²) < 4.78 is 10.6. The first-order valence-electron chi connectivity index (χ1n) is 13.3. The summed E-state index contributed by atoms with van der Waals surface area (Å²) in [6.07, 6.45) is 15.4. The number of nitrogens with one attached hydrogen (secondary N) is 2. The third-order valence-electron chi connectivity index (χ3n) is 7.20. The van der Waals surface area contributed by atoms with Gasteiger partial charge in [0.05, 0.1) is 31.5 Å². The van der Waals surface area contributed by atoms with Crippen molar-refractivity contribution in [2.75, 3.05) is 40.0 Å². The molecule has 2 N–H and O–H groups in total. The predicted molar refractivity (Wildman–Crippen MR) is 154 cm³/mol. The second-order valence-corrected chi connectivity index (χ2v) is 9.89. The van der Waals surface area contributed by atoms with Gasteiger partial charge < -0.3 is 14.8 Å². The highest BCUT2D eigenvalue weighted by Crippen LogP contribution is 2.48. The van der Waals surface area contributed by atoms with E-state index in [2.05, 4.69) is 81.0 Å². The number of allylic oxidation sites excluding steroid dienone is 2. The Morgan fingerprint density at radius 1 is 1.26 bits per heavy atom. The van der Waals surface area contributed by atoms with Crippen molar-refractivity contribution in [3.63, 3.8) is 0 Å². The molecule has 1 amide bonds. The largest absolute Gasteiger partial charge is 0.496 e. The van der Waals surface area contributed by atoms with Crippen LogP contribution in [0.1, 0.15) is 34.7 Å². The van der Waals surface area contributed by atoms with E-state index in [-0.39, 0.29) is 17.7 Å². The Morgan fingerprint density at radius 2 is 2.13 bits per heavy atom. The van der Waals surface area contributed by atoms with Gasteiger partial charge in [-0.25, -0.2) is 0 Å². The number of aromatic amines is 1. The van der Waals surface area contributed by atoms with Crippen molar-refractivity contribution in [3.8, 4) is 12.3 Å². The lowest BCUT2D eigenvalue weighted by atomic mass is 10.1. The van der Waals surface area contributed by atoms with Gasteiger partial charge in [-0.05, 0) is 47.2 Å². The fourth-order valence-electron chi connectivity index (χ4n) is 4.98. The highest BCUT2D eigenvalue weighted by Gasteiger charge is 2.43. The number of rotatable bonds is 10. The van der Waals surface area contributed by atoms with Crippen LogP contribution in [0.2, 0.25) is 0 Å². The van der Waals surface area contributed by atoms with E-state index in [1.165, 1.54) is 11.6 Å². The Kier molecular flexibility index (Phi) is 8.57. The Labute approximate surface area is 229 Å². The van der Waals surface area contributed by atoms with Crippen LogP contribution in [0.3, 0.4) is 0 Å². The number of fused-ring (bicyclic) bond motifs is 1. The SMILES string of the molecule is C#C/C=C(\C=C/CNC(=O)[C@@H]1C[C@H]1c1ccc2c(/C=C/c3cccc(CN4CCOCC4)c3)n[nH]c2c1)OC. The van der Waals surface area contributed by atoms with Crippen LogP contribution >= 0.6 is 0 Å². The molecule has 7 nitrogen and oxygen atoms in total. The summed E-state index contributed by atoms with van der Waals surface area (Å²) in [5, 5.41) is 11.7. The number of morpholine rings is 1. The van der Waals surface area contributed by atoms with Gasteiger partial charge in [0.2, 0.25) is 5.91 Å². The molecule has 1 aliphatic carbocycles. The minimum Gasteiger partial charge on any atom is -0.496 e. The molecule has 2 aliphatic rings. The number of aromatic nitrogens is 2. The van der Waals surface area contributed by atoms with Gasteiger partial charge in [0.1, 0.15) is 5.76 Å². The zero-order valence-electron chi connectivity index (χ0n) is 22.2. The summed E-state index contributed by atoms with van der Waals surface area (Å²) >= 11 is 0. The third kappa shape index (κ3) is 6.85. The average molecular weight is 523 g/mol. The van der Waals surface area contributed by atoms with Gasteiger partial charge in [0.15, 0.2) is 0 Å². The van der Waals surface area contributed by atoms with E-state index in [0.717, 1.165) is 67.0 Å². The molecule has 0 bridgehead atoms. The fraction of sp³-hybridized carbons (Fsp3) is 0.312. The van der Waals surface area contributed by atoms with Crippen LogP contribution in [0.15, 0.2) is 66.5 Å². The standard InChI is InChI=1S/C32H34N4O3/c1-3-6-26(38-2)9-5-14-33-32(37)29-21-28(29)25-11-12-27-30(34-35-31(27)20-25)13-10-23-7-4-8-24(19-23)22-36-15-17-39-18-16-36/h1,4-13,19-20,28-29H,14-18,21-22H2,2H3,(H,33,37)(H,34,35)/b9-5-,13-10+,26-6+/t28-,29+/m0/s1. The number of hydrogen-bond donors (Lipinski definition) is 2. The summed E-state index contributed by atoms with van der Waals surface area (Å²) in [5.41, 5.74) is 5.50. The number of hydrogen-bond acceptors (Lipinski definition) is 5. The maximum Gasteiger partial charge on any atom is 0.223 e. The van der Waals surface area contributed by atoms with Crippen LogP contribution in [-0.4, -0.2) is 61.0 Å². The van der Waals surface area contributed by atoms with E-state index < -0.39 is 0 Å². The third-order valence-corrected chi connectivity index (χ3v) is 7.20.